The van der Waals surface area contributed by atoms with Crippen molar-refractivity contribution >= 4 is 0 Å². The molecule has 1 aromatic rings. The van der Waals surface area contributed by atoms with Gasteiger partial charge in [-0.3, -0.25) is 0 Å². The molecular formula is C19H29NO4. The summed E-state index contributed by atoms with van der Waals surface area (Å²) in [7, 11) is 0. The summed E-state index contributed by atoms with van der Waals surface area (Å²) >= 11 is 0. The van der Waals surface area contributed by atoms with Gasteiger partial charge in [0.15, 0.2) is 11.5 Å². The second-order valence-corrected chi connectivity index (χ2v) is 7.14. The van der Waals surface area contributed by atoms with E-state index in [2.05, 4.69) is 19.2 Å². The number of aliphatic hydroxyl groups is 1. The van der Waals surface area contributed by atoms with Crippen LogP contribution in [0.3, 0.4) is 0 Å². The molecule has 2 N–H and O–H groups in total. The Bertz CT molecular complexity index is 536. The SMILES string of the molecule is C[C@@H]1[C@H](C)CCC[C@H]1NC[C@H](O)COCc1ccc2c(c1)OCO2. The highest BCUT2D eigenvalue weighted by Crippen LogP contribution is 2.32. The minimum Gasteiger partial charge on any atom is -0.454 e. The standard InChI is InChI=1S/C19H29NO4/c1-13-4-3-5-17(14(13)2)20-9-16(21)11-22-10-15-6-7-18-19(8-15)24-12-23-18/h6-8,13-14,16-17,20-21H,3-5,9-12H2,1-2H3/t13-,14-,16+,17-/m1/s1. The molecule has 0 bridgehead atoms. The second-order valence-electron chi connectivity index (χ2n) is 7.14. The Kier molecular flexibility index (Phi) is 5.98. The zero-order valence-electron chi connectivity index (χ0n) is 14.7. The average molecular weight is 335 g/mol. The molecule has 0 saturated heterocycles. The van der Waals surface area contributed by atoms with Crippen molar-refractivity contribution in [2.45, 2.75) is 51.9 Å². The highest BCUT2D eigenvalue weighted by molar-refractivity contribution is 5.44. The van der Waals surface area contributed by atoms with Gasteiger partial charge in [0.2, 0.25) is 6.79 Å². The minimum atomic E-state index is -0.483. The van der Waals surface area contributed by atoms with Crippen LogP contribution in [0, 0.1) is 11.8 Å². The summed E-state index contributed by atoms with van der Waals surface area (Å²) in [4.78, 5) is 0. The molecule has 134 valence electrons. The molecule has 1 saturated carbocycles. The summed E-state index contributed by atoms with van der Waals surface area (Å²) in [6.45, 7) is 6.29. The van der Waals surface area contributed by atoms with Gasteiger partial charge in [-0.2, -0.15) is 0 Å². The first-order valence-corrected chi connectivity index (χ1v) is 9.01. The largest absolute Gasteiger partial charge is 0.454 e. The third-order valence-electron chi connectivity index (χ3n) is 5.34. The summed E-state index contributed by atoms with van der Waals surface area (Å²) in [5, 5.41) is 13.7. The Hall–Kier alpha value is -1.30. The van der Waals surface area contributed by atoms with Gasteiger partial charge in [-0.15, -0.1) is 0 Å². The lowest BCUT2D eigenvalue weighted by Crippen LogP contribution is -2.44. The lowest BCUT2D eigenvalue weighted by Gasteiger charge is -2.35. The molecule has 1 aliphatic carbocycles. The molecule has 4 atom stereocenters. The number of aliphatic hydroxyl groups excluding tert-OH is 1. The van der Waals surface area contributed by atoms with Crippen LogP contribution in [0.2, 0.25) is 0 Å². The van der Waals surface area contributed by atoms with Crippen LogP contribution in [-0.2, 0) is 11.3 Å². The molecule has 0 radical (unpaired) electrons. The van der Waals surface area contributed by atoms with Gasteiger partial charge >= 0.3 is 0 Å². The molecule has 5 nitrogen and oxygen atoms in total. The summed E-state index contributed by atoms with van der Waals surface area (Å²) in [5.74, 6) is 2.97. The van der Waals surface area contributed by atoms with Crippen LogP contribution in [0.25, 0.3) is 0 Å². The molecule has 2 aliphatic rings. The lowest BCUT2D eigenvalue weighted by molar-refractivity contribution is 0.0250. The van der Waals surface area contributed by atoms with E-state index in [1.807, 2.05) is 18.2 Å². The molecule has 1 fully saturated rings. The molecular weight excluding hydrogens is 306 g/mol. The number of hydrogen-bond donors (Lipinski definition) is 2. The molecule has 0 unspecified atom stereocenters. The van der Waals surface area contributed by atoms with Gasteiger partial charge in [-0.05, 0) is 36.0 Å². The maximum atomic E-state index is 10.1. The van der Waals surface area contributed by atoms with E-state index in [0.29, 0.717) is 31.7 Å². The quantitative estimate of drug-likeness (QED) is 0.802. The first kappa shape index (κ1) is 17.5. The van der Waals surface area contributed by atoms with Gasteiger partial charge in [0.05, 0.1) is 19.3 Å². The molecule has 0 spiro atoms. The van der Waals surface area contributed by atoms with E-state index < -0.39 is 6.10 Å². The lowest BCUT2D eigenvalue weighted by atomic mass is 9.78. The Morgan fingerprint density at radius 2 is 2.08 bits per heavy atom. The van der Waals surface area contributed by atoms with Gasteiger partial charge in [0.1, 0.15) is 0 Å². The summed E-state index contributed by atoms with van der Waals surface area (Å²) in [6, 6.07) is 6.30. The van der Waals surface area contributed by atoms with Crippen LogP contribution in [-0.4, -0.2) is 37.2 Å². The fourth-order valence-corrected chi connectivity index (χ4v) is 3.56. The molecule has 1 aromatic carbocycles. The normalized spacial score (nSPS) is 27.2. The van der Waals surface area contributed by atoms with Crippen molar-refractivity contribution in [2.24, 2.45) is 11.8 Å². The predicted molar refractivity (Wildman–Crippen MR) is 92.2 cm³/mol. The smallest absolute Gasteiger partial charge is 0.231 e. The van der Waals surface area contributed by atoms with E-state index in [4.69, 9.17) is 14.2 Å². The minimum absolute atomic E-state index is 0.280. The second kappa shape index (κ2) is 8.19. The zero-order valence-corrected chi connectivity index (χ0v) is 14.7. The maximum absolute atomic E-state index is 10.1. The van der Waals surface area contributed by atoms with Crippen molar-refractivity contribution in [1.82, 2.24) is 5.32 Å². The highest BCUT2D eigenvalue weighted by Gasteiger charge is 2.26. The van der Waals surface area contributed by atoms with Crippen molar-refractivity contribution in [1.29, 1.82) is 0 Å². The number of fused-ring (bicyclic) bond motifs is 1. The van der Waals surface area contributed by atoms with Crippen LogP contribution >= 0.6 is 0 Å². The number of benzene rings is 1. The van der Waals surface area contributed by atoms with Gasteiger partial charge in [0, 0.05) is 12.6 Å². The van der Waals surface area contributed by atoms with E-state index in [1.165, 1.54) is 19.3 Å². The monoisotopic (exact) mass is 335 g/mol. The van der Waals surface area contributed by atoms with E-state index in [-0.39, 0.29) is 6.79 Å². The molecule has 1 heterocycles. The summed E-state index contributed by atoms with van der Waals surface area (Å²) in [6.07, 6.45) is 3.32. The van der Waals surface area contributed by atoms with E-state index >= 15 is 0 Å². The number of ether oxygens (including phenoxy) is 3. The van der Waals surface area contributed by atoms with Crippen LogP contribution < -0.4 is 14.8 Å². The Morgan fingerprint density at radius 1 is 1.25 bits per heavy atom. The number of nitrogens with one attached hydrogen (secondary N) is 1. The predicted octanol–water partition coefficient (Wildman–Crippen LogP) is 2.71. The Balaban J connectivity index is 1.36. The third kappa shape index (κ3) is 4.41. The Labute approximate surface area is 144 Å². The van der Waals surface area contributed by atoms with Crippen molar-refractivity contribution in [3.63, 3.8) is 0 Å². The molecule has 5 heteroatoms. The van der Waals surface area contributed by atoms with Crippen LogP contribution in [0.1, 0.15) is 38.7 Å². The maximum Gasteiger partial charge on any atom is 0.231 e. The highest BCUT2D eigenvalue weighted by atomic mass is 16.7. The zero-order chi connectivity index (χ0) is 16.9. The fraction of sp³-hybridized carbons (Fsp3) is 0.684. The number of rotatable bonds is 7. The van der Waals surface area contributed by atoms with Crippen molar-refractivity contribution in [3.8, 4) is 11.5 Å². The van der Waals surface area contributed by atoms with Crippen molar-refractivity contribution in [2.75, 3.05) is 19.9 Å². The van der Waals surface area contributed by atoms with Gasteiger partial charge in [-0.1, -0.05) is 32.8 Å². The number of hydrogen-bond acceptors (Lipinski definition) is 5. The molecule has 3 rings (SSSR count). The van der Waals surface area contributed by atoms with Crippen LogP contribution in [0.15, 0.2) is 18.2 Å². The van der Waals surface area contributed by atoms with Crippen molar-refractivity contribution < 1.29 is 19.3 Å². The van der Waals surface area contributed by atoms with Crippen LogP contribution in [0.5, 0.6) is 11.5 Å². The molecule has 1 aliphatic heterocycles. The van der Waals surface area contributed by atoms with E-state index in [9.17, 15) is 5.11 Å². The average Bonchev–Trinajstić information content (AvgIpc) is 3.04. The van der Waals surface area contributed by atoms with E-state index in [0.717, 1.165) is 23.0 Å². The van der Waals surface area contributed by atoms with Gasteiger partial charge in [0.25, 0.3) is 0 Å². The van der Waals surface area contributed by atoms with Crippen LogP contribution in [0.4, 0.5) is 0 Å². The Morgan fingerprint density at radius 3 is 2.96 bits per heavy atom. The summed E-state index contributed by atoms with van der Waals surface area (Å²) < 4.78 is 16.3. The molecule has 24 heavy (non-hydrogen) atoms. The topological polar surface area (TPSA) is 60.0 Å². The van der Waals surface area contributed by atoms with Gasteiger partial charge < -0.3 is 24.6 Å². The van der Waals surface area contributed by atoms with Crippen molar-refractivity contribution in [3.05, 3.63) is 23.8 Å². The first-order valence-electron chi connectivity index (χ1n) is 9.01. The fourth-order valence-electron chi connectivity index (χ4n) is 3.56. The first-order chi connectivity index (χ1) is 11.6. The van der Waals surface area contributed by atoms with Gasteiger partial charge in [-0.25, -0.2) is 0 Å². The summed E-state index contributed by atoms with van der Waals surface area (Å²) in [5.41, 5.74) is 1.02. The third-order valence-corrected chi connectivity index (χ3v) is 5.34. The molecule has 0 amide bonds. The molecule has 0 aromatic heterocycles. The van der Waals surface area contributed by atoms with E-state index in [1.54, 1.807) is 0 Å².